The van der Waals surface area contributed by atoms with Gasteiger partial charge in [0.05, 0.1) is 11.8 Å². The van der Waals surface area contributed by atoms with E-state index in [1.165, 1.54) is 25.5 Å². The molecule has 6 nitrogen and oxygen atoms in total. The molecule has 1 aliphatic carbocycles. The lowest BCUT2D eigenvalue weighted by molar-refractivity contribution is 0.193. The molecule has 6 heteroatoms. The first kappa shape index (κ1) is 20.1. The molecule has 0 radical (unpaired) electrons. The maximum Gasteiger partial charge on any atom is 0.412 e. The van der Waals surface area contributed by atoms with Crippen molar-refractivity contribution >= 4 is 6.09 Å². The highest BCUT2D eigenvalue weighted by Gasteiger charge is 2.16. The van der Waals surface area contributed by atoms with Gasteiger partial charge in [0.15, 0.2) is 0 Å². The molecule has 0 spiro atoms. The zero-order chi connectivity index (χ0) is 20.8. The van der Waals surface area contributed by atoms with Crippen molar-refractivity contribution in [3.05, 3.63) is 54.7 Å². The number of nitrogens with one attached hydrogen (secondary N) is 1. The molecule has 156 valence electrons. The molecule has 1 amide bonds. The normalized spacial score (nSPS) is 15.2. The SMILES string of the molecule is Cc1cc(OC(=O)NC2CCCCCCC2)cc(-c2cncc(-c3ncco3)c2)c1. The number of carbonyl (C=O) groups excluding carboxylic acids is 1. The van der Waals surface area contributed by atoms with Gasteiger partial charge in [-0.3, -0.25) is 4.98 Å². The maximum absolute atomic E-state index is 12.5. The Kier molecular flexibility index (Phi) is 6.42. The van der Waals surface area contributed by atoms with E-state index in [4.69, 9.17) is 9.15 Å². The van der Waals surface area contributed by atoms with Crippen molar-refractivity contribution in [3.8, 4) is 28.3 Å². The first-order valence-electron chi connectivity index (χ1n) is 10.6. The van der Waals surface area contributed by atoms with Crippen molar-refractivity contribution < 1.29 is 13.9 Å². The van der Waals surface area contributed by atoms with E-state index >= 15 is 0 Å². The first-order valence-corrected chi connectivity index (χ1v) is 10.6. The number of hydrogen-bond donors (Lipinski definition) is 1. The van der Waals surface area contributed by atoms with E-state index in [-0.39, 0.29) is 12.1 Å². The topological polar surface area (TPSA) is 77.2 Å². The van der Waals surface area contributed by atoms with Crippen LogP contribution in [-0.4, -0.2) is 22.1 Å². The number of rotatable bonds is 4. The Morgan fingerprint density at radius 1 is 1.00 bits per heavy atom. The van der Waals surface area contributed by atoms with Gasteiger partial charge in [0.2, 0.25) is 5.89 Å². The zero-order valence-corrected chi connectivity index (χ0v) is 17.3. The number of oxazole rings is 1. The largest absolute Gasteiger partial charge is 0.444 e. The number of amides is 1. The lowest BCUT2D eigenvalue weighted by atomic mass is 9.97. The molecule has 3 aromatic rings. The summed E-state index contributed by atoms with van der Waals surface area (Å²) in [4.78, 5) is 21.0. The fraction of sp³-hybridized carbons (Fsp3) is 0.375. The highest BCUT2D eigenvalue weighted by Crippen LogP contribution is 2.28. The lowest BCUT2D eigenvalue weighted by Gasteiger charge is -2.20. The average molecular weight is 405 g/mol. The average Bonchev–Trinajstić information content (AvgIpc) is 3.24. The van der Waals surface area contributed by atoms with Gasteiger partial charge in [-0.2, -0.15) is 0 Å². The Balaban J connectivity index is 1.48. The summed E-state index contributed by atoms with van der Waals surface area (Å²) in [7, 11) is 0. The van der Waals surface area contributed by atoms with Crippen molar-refractivity contribution in [1.29, 1.82) is 0 Å². The Morgan fingerprint density at radius 2 is 1.77 bits per heavy atom. The number of nitrogens with zero attached hydrogens (tertiary/aromatic N) is 2. The van der Waals surface area contributed by atoms with Crippen molar-refractivity contribution in [2.75, 3.05) is 0 Å². The quantitative estimate of drug-likeness (QED) is 0.583. The molecule has 4 rings (SSSR count). The van der Waals surface area contributed by atoms with E-state index in [2.05, 4.69) is 15.3 Å². The molecule has 2 heterocycles. The molecular formula is C24H27N3O3. The van der Waals surface area contributed by atoms with E-state index < -0.39 is 0 Å². The predicted molar refractivity (Wildman–Crippen MR) is 115 cm³/mol. The molecule has 2 aromatic heterocycles. The summed E-state index contributed by atoms with van der Waals surface area (Å²) >= 11 is 0. The van der Waals surface area contributed by atoms with Crippen LogP contribution in [0.25, 0.3) is 22.6 Å². The van der Waals surface area contributed by atoms with Crippen LogP contribution in [0.15, 0.2) is 53.5 Å². The van der Waals surface area contributed by atoms with E-state index in [9.17, 15) is 4.79 Å². The number of benzene rings is 1. The third-order valence-electron chi connectivity index (χ3n) is 5.44. The molecule has 1 fully saturated rings. The molecule has 0 unspecified atom stereocenters. The summed E-state index contributed by atoms with van der Waals surface area (Å²) in [5, 5.41) is 3.05. The van der Waals surface area contributed by atoms with Gasteiger partial charge in [0.25, 0.3) is 0 Å². The predicted octanol–water partition coefficient (Wildman–Crippen LogP) is 5.91. The molecule has 1 aromatic carbocycles. The second kappa shape index (κ2) is 9.57. The van der Waals surface area contributed by atoms with Gasteiger partial charge < -0.3 is 14.5 Å². The van der Waals surface area contributed by atoms with Crippen LogP contribution >= 0.6 is 0 Å². The zero-order valence-electron chi connectivity index (χ0n) is 17.3. The van der Waals surface area contributed by atoms with Crippen molar-refractivity contribution in [2.24, 2.45) is 0 Å². The number of aryl methyl sites for hydroxylation is 1. The molecule has 1 N–H and O–H groups in total. The number of aromatic nitrogens is 2. The standard InChI is InChI=1S/C24H27N3O3/c1-17-11-18(19-13-20(16-25-15-19)23-26-9-10-29-23)14-22(12-17)30-24(28)27-21-7-5-3-2-4-6-8-21/h9-16,21H,2-8H2,1H3,(H,27,28). The summed E-state index contributed by atoms with van der Waals surface area (Å²) in [6, 6.07) is 7.93. The van der Waals surface area contributed by atoms with Gasteiger partial charge in [-0.1, -0.05) is 38.2 Å². The minimum Gasteiger partial charge on any atom is -0.444 e. The van der Waals surface area contributed by atoms with Crippen LogP contribution in [0.2, 0.25) is 0 Å². The number of carbonyl (C=O) groups is 1. The Morgan fingerprint density at radius 3 is 2.53 bits per heavy atom. The minimum absolute atomic E-state index is 0.198. The molecule has 0 saturated heterocycles. The first-order chi connectivity index (χ1) is 14.7. The Bertz CT molecular complexity index is 977. The second-order valence-electron chi connectivity index (χ2n) is 7.91. The van der Waals surface area contributed by atoms with Gasteiger partial charge in [0.1, 0.15) is 12.0 Å². The summed E-state index contributed by atoms with van der Waals surface area (Å²) in [5.41, 5.74) is 3.62. The summed E-state index contributed by atoms with van der Waals surface area (Å²) in [6.45, 7) is 1.98. The van der Waals surface area contributed by atoms with Crippen LogP contribution in [0.4, 0.5) is 4.79 Å². The molecular weight excluding hydrogens is 378 g/mol. The highest BCUT2D eigenvalue weighted by atomic mass is 16.6. The van der Waals surface area contributed by atoms with Gasteiger partial charge in [0, 0.05) is 24.0 Å². The van der Waals surface area contributed by atoms with Crippen LogP contribution in [0.1, 0.15) is 50.5 Å². The van der Waals surface area contributed by atoms with Crippen LogP contribution in [0.5, 0.6) is 5.75 Å². The number of ether oxygens (including phenoxy) is 1. The van der Waals surface area contributed by atoms with Crippen molar-refractivity contribution in [2.45, 2.75) is 57.9 Å². The molecule has 0 aliphatic heterocycles. The molecule has 1 saturated carbocycles. The van der Waals surface area contributed by atoms with Crippen molar-refractivity contribution in [3.63, 3.8) is 0 Å². The smallest absolute Gasteiger partial charge is 0.412 e. The monoisotopic (exact) mass is 405 g/mol. The van der Waals surface area contributed by atoms with E-state index in [0.717, 1.165) is 47.9 Å². The minimum atomic E-state index is -0.385. The molecule has 0 bridgehead atoms. The Labute approximate surface area is 176 Å². The van der Waals surface area contributed by atoms with Gasteiger partial charge in [-0.05, 0) is 49.1 Å². The summed E-state index contributed by atoms with van der Waals surface area (Å²) < 4.78 is 11.0. The van der Waals surface area contributed by atoms with Gasteiger partial charge in [-0.25, -0.2) is 9.78 Å². The number of hydrogen-bond acceptors (Lipinski definition) is 5. The fourth-order valence-electron chi connectivity index (χ4n) is 3.96. The lowest BCUT2D eigenvalue weighted by Crippen LogP contribution is -2.37. The number of pyridine rings is 1. The van der Waals surface area contributed by atoms with E-state index in [1.807, 2.05) is 31.2 Å². The van der Waals surface area contributed by atoms with Crippen LogP contribution in [-0.2, 0) is 0 Å². The van der Waals surface area contributed by atoms with Crippen LogP contribution < -0.4 is 10.1 Å². The molecule has 0 atom stereocenters. The van der Waals surface area contributed by atoms with E-state index in [1.54, 1.807) is 18.6 Å². The van der Waals surface area contributed by atoms with Gasteiger partial charge >= 0.3 is 6.09 Å². The van der Waals surface area contributed by atoms with E-state index in [0.29, 0.717) is 11.6 Å². The summed E-state index contributed by atoms with van der Waals surface area (Å²) in [6.07, 6.45) is 14.4. The van der Waals surface area contributed by atoms with Crippen LogP contribution in [0.3, 0.4) is 0 Å². The highest BCUT2D eigenvalue weighted by molar-refractivity contribution is 5.74. The fourth-order valence-corrected chi connectivity index (χ4v) is 3.96. The Hall–Kier alpha value is -3.15. The van der Waals surface area contributed by atoms with Crippen molar-refractivity contribution in [1.82, 2.24) is 15.3 Å². The molecule has 30 heavy (non-hydrogen) atoms. The molecule has 1 aliphatic rings. The van der Waals surface area contributed by atoms with Crippen LogP contribution in [0, 0.1) is 6.92 Å². The third kappa shape index (κ3) is 5.26. The third-order valence-corrected chi connectivity index (χ3v) is 5.44. The summed E-state index contributed by atoms with van der Waals surface area (Å²) in [5.74, 6) is 1.04. The maximum atomic E-state index is 12.5. The van der Waals surface area contributed by atoms with Gasteiger partial charge in [-0.15, -0.1) is 0 Å². The second-order valence-corrected chi connectivity index (χ2v) is 7.91.